The summed E-state index contributed by atoms with van der Waals surface area (Å²) in [5.41, 5.74) is 2.98. The van der Waals surface area contributed by atoms with Crippen molar-refractivity contribution in [3.8, 4) is 0 Å². The summed E-state index contributed by atoms with van der Waals surface area (Å²) in [5.74, 6) is 0. The first kappa shape index (κ1) is 9.22. The van der Waals surface area contributed by atoms with E-state index in [-0.39, 0.29) is 0 Å². The molecular weight excluding hydrogens is 226 g/mol. The van der Waals surface area contributed by atoms with Crippen LogP contribution in [0.25, 0.3) is 0 Å². The summed E-state index contributed by atoms with van der Waals surface area (Å²) in [6, 6.07) is 7.18. The van der Waals surface area contributed by atoms with Crippen molar-refractivity contribution in [2.75, 3.05) is 6.54 Å². The standard InChI is InChI=1S/C11H14BrN/c1-2-11-10-4-3-9(12)7-8(10)5-6-13-11/h3-4,7,11,13H,2,5-6H2,1H3. The molecule has 1 aliphatic heterocycles. The van der Waals surface area contributed by atoms with Gasteiger partial charge < -0.3 is 5.32 Å². The highest BCUT2D eigenvalue weighted by molar-refractivity contribution is 9.10. The Labute approximate surface area is 87.7 Å². The zero-order chi connectivity index (χ0) is 9.26. The van der Waals surface area contributed by atoms with Crippen LogP contribution < -0.4 is 5.32 Å². The molecule has 1 atom stereocenters. The maximum Gasteiger partial charge on any atom is 0.0320 e. The lowest BCUT2D eigenvalue weighted by Crippen LogP contribution is -2.29. The molecule has 1 N–H and O–H groups in total. The summed E-state index contributed by atoms with van der Waals surface area (Å²) in [6.45, 7) is 3.34. The SMILES string of the molecule is CCC1NCCc2cc(Br)ccc21. The maximum atomic E-state index is 3.53. The molecular formula is C11H14BrN. The lowest BCUT2D eigenvalue weighted by Gasteiger charge is -2.26. The summed E-state index contributed by atoms with van der Waals surface area (Å²) in [7, 11) is 0. The van der Waals surface area contributed by atoms with E-state index in [2.05, 4.69) is 46.4 Å². The molecule has 2 heteroatoms. The Morgan fingerprint density at radius 1 is 1.54 bits per heavy atom. The second-order valence-electron chi connectivity index (χ2n) is 3.51. The number of nitrogens with one attached hydrogen (secondary N) is 1. The lowest BCUT2D eigenvalue weighted by molar-refractivity contribution is 0.492. The van der Waals surface area contributed by atoms with E-state index in [0.717, 1.165) is 13.0 Å². The van der Waals surface area contributed by atoms with Crippen molar-refractivity contribution in [2.24, 2.45) is 0 Å². The molecule has 1 heterocycles. The van der Waals surface area contributed by atoms with Gasteiger partial charge in [0.2, 0.25) is 0 Å². The topological polar surface area (TPSA) is 12.0 Å². The molecule has 1 aromatic carbocycles. The highest BCUT2D eigenvalue weighted by Gasteiger charge is 2.17. The molecule has 0 aliphatic carbocycles. The Morgan fingerprint density at radius 2 is 2.38 bits per heavy atom. The van der Waals surface area contributed by atoms with E-state index >= 15 is 0 Å². The van der Waals surface area contributed by atoms with E-state index in [1.165, 1.54) is 22.0 Å². The first-order valence-electron chi connectivity index (χ1n) is 4.83. The quantitative estimate of drug-likeness (QED) is 0.795. The minimum absolute atomic E-state index is 0.567. The highest BCUT2D eigenvalue weighted by Crippen LogP contribution is 2.27. The first-order chi connectivity index (χ1) is 6.31. The largest absolute Gasteiger partial charge is 0.310 e. The van der Waals surface area contributed by atoms with Gasteiger partial charge in [-0.2, -0.15) is 0 Å². The molecule has 0 spiro atoms. The van der Waals surface area contributed by atoms with Crippen LogP contribution in [0.5, 0.6) is 0 Å². The summed E-state index contributed by atoms with van der Waals surface area (Å²) < 4.78 is 1.20. The van der Waals surface area contributed by atoms with Gasteiger partial charge in [0.15, 0.2) is 0 Å². The van der Waals surface area contributed by atoms with Crippen molar-refractivity contribution in [1.29, 1.82) is 0 Å². The van der Waals surface area contributed by atoms with Gasteiger partial charge in [0.05, 0.1) is 0 Å². The number of halogens is 1. The molecule has 1 nitrogen and oxygen atoms in total. The Bertz CT molecular complexity index is 309. The van der Waals surface area contributed by atoms with E-state index in [1.54, 1.807) is 0 Å². The van der Waals surface area contributed by atoms with Gasteiger partial charge in [-0.3, -0.25) is 0 Å². The summed E-state index contributed by atoms with van der Waals surface area (Å²) >= 11 is 3.51. The first-order valence-corrected chi connectivity index (χ1v) is 5.62. The molecule has 0 aromatic heterocycles. The molecule has 0 saturated heterocycles. The smallest absolute Gasteiger partial charge is 0.0320 e. The van der Waals surface area contributed by atoms with Crippen LogP contribution >= 0.6 is 15.9 Å². The van der Waals surface area contributed by atoms with Crippen molar-refractivity contribution >= 4 is 15.9 Å². The third kappa shape index (κ3) is 1.79. The molecule has 0 radical (unpaired) electrons. The van der Waals surface area contributed by atoms with Gasteiger partial charge in [0, 0.05) is 10.5 Å². The van der Waals surface area contributed by atoms with Crippen LogP contribution in [0.15, 0.2) is 22.7 Å². The van der Waals surface area contributed by atoms with Gasteiger partial charge in [-0.15, -0.1) is 0 Å². The molecule has 13 heavy (non-hydrogen) atoms. The molecule has 70 valence electrons. The number of benzene rings is 1. The fourth-order valence-electron chi connectivity index (χ4n) is 1.99. The second kappa shape index (κ2) is 3.81. The predicted octanol–water partition coefficient (Wildman–Crippen LogP) is 3.05. The number of hydrogen-bond donors (Lipinski definition) is 1. The average Bonchev–Trinajstić information content (AvgIpc) is 2.16. The third-order valence-electron chi connectivity index (χ3n) is 2.67. The zero-order valence-electron chi connectivity index (χ0n) is 7.81. The maximum absolute atomic E-state index is 3.53. The van der Waals surface area contributed by atoms with Gasteiger partial charge in [-0.05, 0) is 42.6 Å². The van der Waals surface area contributed by atoms with E-state index in [9.17, 15) is 0 Å². The molecule has 0 saturated carbocycles. The molecule has 1 aromatic rings. The van der Waals surface area contributed by atoms with E-state index in [0.29, 0.717) is 6.04 Å². The van der Waals surface area contributed by atoms with Gasteiger partial charge >= 0.3 is 0 Å². The third-order valence-corrected chi connectivity index (χ3v) is 3.17. The van der Waals surface area contributed by atoms with Crippen LogP contribution in [0, 0.1) is 0 Å². The molecule has 1 aliphatic rings. The Kier molecular flexibility index (Phi) is 2.70. The van der Waals surface area contributed by atoms with Gasteiger partial charge in [0.25, 0.3) is 0 Å². The average molecular weight is 240 g/mol. The van der Waals surface area contributed by atoms with Crippen molar-refractivity contribution in [3.63, 3.8) is 0 Å². The second-order valence-corrected chi connectivity index (χ2v) is 4.42. The van der Waals surface area contributed by atoms with Crippen LogP contribution in [0.3, 0.4) is 0 Å². The minimum atomic E-state index is 0.567. The van der Waals surface area contributed by atoms with E-state index in [1.807, 2.05) is 0 Å². The molecule has 2 rings (SSSR count). The Balaban J connectivity index is 2.40. The summed E-state index contributed by atoms with van der Waals surface area (Å²) in [6.07, 6.45) is 2.33. The van der Waals surface area contributed by atoms with E-state index in [4.69, 9.17) is 0 Å². The zero-order valence-corrected chi connectivity index (χ0v) is 9.39. The number of rotatable bonds is 1. The molecule has 0 amide bonds. The van der Waals surface area contributed by atoms with Crippen molar-refractivity contribution in [3.05, 3.63) is 33.8 Å². The predicted molar refractivity (Wildman–Crippen MR) is 58.9 cm³/mol. The Hall–Kier alpha value is -0.340. The van der Waals surface area contributed by atoms with Crippen molar-refractivity contribution in [1.82, 2.24) is 5.32 Å². The van der Waals surface area contributed by atoms with Crippen LogP contribution in [-0.2, 0) is 6.42 Å². The van der Waals surface area contributed by atoms with Crippen LogP contribution in [0.4, 0.5) is 0 Å². The minimum Gasteiger partial charge on any atom is -0.310 e. The van der Waals surface area contributed by atoms with Crippen molar-refractivity contribution < 1.29 is 0 Å². The van der Waals surface area contributed by atoms with Gasteiger partial charge in [0.1, 0.15) is 0 Å². The summed E-state index contributed by atoms with van der Waals surface area (Å²) in [5, 5.41) is 3.53. The summed E-state index contributed by atoms with van der Waals surface area (Å²) in [4.78, 5) is 0. The van der Waals surface area contributed by atoms with Gasteiger partial charge in [-0.1, -0.05) is 28.9 Å². The van der Waals surface area contributed by atoms with Crippen molar-refractivity contribution in [2.45, 2.75) is 25.8 Å². The van der Waals surface area contributed by atoms with Gasteiger partial charge in [-0.25, -0.2) is 0 Å². The van der Waals surface area contributed by atoms with Crippen LogP contribution in [0.2, 0.25) is 0 Å². The van der Waals surface area contributed by atoms with Crippen LogP contribution in [0.1, 0.15) is 30.5 Å². The Morgan fingerprint density at radius 3 is 3.15 bits per heavy atom. The fraction of sp³-hybridized carbons (Fsp3) is 0.455. The lowest BCUT2D eigenvalue weighted by atomic mass is 9.93. The molecule has 0 bridgehead atoms. The monoisotopic (exact) mass is 239 g/mol. The normalized spacial score (nSPS) is 21.2. The van der Waals surface area contributed by atoms with E-state index < -0.39 is 0 Å². The number of fused-ring (bicyclic) bond motifs is 1. The van der Waals surface area contributed by atoms with Crippen LogP contribution in [-0.4, -0.2) is 6.54 Å². The molecule has 1 unspecified atom stereocenters. The number of hydrogen-bond acceptors (Lipinski definition) is 1. The molecule has 0 fully saturated rings. The fourth-order valence-corrected chi connectivity index (χ4v) is 2.39. The highest BCUT2D eigenvalue weighted by atomic mass is 79.9.